The van der Waals surface area contributed by atoms with E-state index >= 15 is 0 Å². The van der Waals surface area contributed by atoms with E-state index in [9.17, 15) is 4.79 Å². The van der Waals surface area contributed by atoms with Crippen molar-refractivity contribution < 1.29 is 14.3 Å². The molecule has 17 heavy (non-hydrogen) atoms. The molecule has 0 spiro atoms. The van der Waals surface area contributed by atoms with Crippen molar-refractivity contribution in [3.05, 3.63) is 23.9 Å². The van der Waals surface area contributed by atoms with Crippen LogP contribution in [0.3, 0.4) is 0 Å². The van der Waals surface area contributed by atoms with Gasteiger partial charge in [0.15, 0.2) is 0 Å². The van der Waals surface area contributed by atoms with Crippen LogP contribution in [0.5, 0.6) is 0 Å². The van der Waals surface area contributed by atoms with E-state index in [4.69, 9.17) is 9.47 Å². The van der Waals surface area contributed by atoms with Crippen molar-refractivity contribution in [2.24, 2.45) is 0 Å². The lowest BCUT2D eigenvalue weighted by Gasteiger charge is -2.28. The first-order valence-corrected chi connectivity index (χ1v) is 5.77. The number of rotatable bonds is 3. The Balaban J connectivity index is 2.23. The number of ether oxygens (including phenoxy) is 2. The molecule has 0 bridgehead atoms. The van der Waals surface area contributed by atoms with Crippen LogP contribution in [-0.2, 0) is 9.47 Å². The summed E-state index contributed by atoms with van der Waals surface area (Å²) >= 11 is 0. The van der Waals surface area contributed by atoms with Crippen LogP contribution in [0.15, 0.2) is 18.3 Å². The second-order valence-electron chi connectivity index (χ2n) is 3.69. The Hall–Kier alpha value is -1.62. The fourth-order valence-corrected chi connectivity index (χ4v) is 1.79. The topological polar surface area (TPSA) is 51.7 Å². The highest BCUT2D eigenvalue weighted by atomic mass is 16.5. The van der Waals surface area contributed by atoms with Crippen LogP contribution < -0.4 is 4.90 Å². The summed E-state index contributed by atoms with van der Waals surface area (Å²) in [5.74, 6) is 0.372. The van der Waals surface area contributed by atoms with Crippen LogP contribution in [0.25, 0.3) is 0 Å². The van der Waals surface area contributed by atoms with Gasteiger partial charge in [0.05, 0.1) is 19.8 Å². The van der Waals surface area contributed by atoms with Crippen LogP contribution in [0.2, 0.25) is 0 Å². The number of hydrogen-bond donors (Lipinski definition) is 0. The summed E-state index contributed by atoms with van der Waals surface area (Å²) in [6.45, 7) is 5.00. The standard InChI is InChI=1S/C12H16N2O3/c1-2-17-12(15)10-4-3-5-13-11(10)14-6-8-16-9-7-14/h3-5H,2,6-9H2,1H3. The zero-order valence-electron chi connectivity index (χ0n) is 9.89. The van der Waals surface area contributed by atoms with Crippen molar-refractivity contribution in [3.63, 3.8) is 0 Å². The molecule has 0 saturated carbocycles. The maximum Gasteiger partial charge on any atom is 0.341 e. The van der Waals surface area contributed by atoms with Crippen molar-refractivity contribution >= 4 is 11.8 Å². The molecule has 1 aromatic rings. The minimum Gasteiger partial charge on any atom is -0.462 e. The van der Waals surface area contributed by atoms with Gasteiger partial charge in [-0.1, -0.05) is 0 Å². The molecule has 0 aliphatic carbocycles. The van der Waals surface area contributed by atoms with Gasteiger partial charge in [0.2, 0.25) is 0 Å². The fourth-order valence-electron chi connectivity index (χ4n) is 1.79. The van der Waals surface area contributed by atoms with Crippen LogP contribution in [0.1, 0.15) is 17.3 Å². The third-order valence-electron chi connectivity index (χ3n) is 2.59. The largest absolute Gasteiger partial charge is 0.462 e. The van der Waals surface area contributed by atoms with Crippen LogP contribution in [0.4, 0.5) is 5.82 Å². The predicted molar refractivity (Wildman–Crippen MR) is 63.2 cm³/mol. The molecular formula is C12H16N2O3. The second kappa shape index (κ2) is 5.63. The van der Waals surface area contributed by atoms with Gasteiger partial charge in [-0.3, -0.25) is 0 Å². The van der Waals surface area contributed by atoms with Crippen LogP contribution >= 0.6 is 0 Å². The molecule has 0 aromatic carbocycles. The van der Waals surface area contributed by atoms with Gasteiger partial charge >= 0.3 is 5.97 Å². The Morgan fingerprint density at radius 3 is 3.00 bits per heavy atom. The van der Waals surface area contributed by atoms with Gasteiger partial charge in [-0.05, 0) is 19.1 Å². The van der Waals surface area contributed by atoms with E-state index in [1.54, 1.807) is 25.3 Å². The third-order valence-corrected chi connectivity index (χ3v) is 2.59. The van der Waals surface area contributed by atoms with Crippen molar-refractivity contribution in [1.29, 1.82) is 0 Å². The lowest BCUT2D eigenvalue weighted by atomic mass is 10.2. The summed E-state index contributed by atoms with van der Waals surface area (Å²) in [5, 5.41) is 0. The lowest BCUT2D eigenvalue weighted by molar-refractivity contribution is 0.0525. The van der Waals surface area contributed by atoms with Gasteiger partial charge in [0.1, 0.15) is 11.4 Å². The first kappa shape index (κ1) is 11.9. The minimum atomic E-state index is -0.318. The molecule has 5 heteroatoms. The van der Waals surface area contributed by atoms with Gasteiger partial charge in [0, 0.05) is 19.3 Å². The average molecular weight is 236 g/mol. The molecule has 1 aromatic heterocycles. The summed E-state index contributed by atoms with van der Waals surface area (Å²) in [5.41, 5.74) is 0.524. The van der Waals surface area contributed by atoms with Gasteiger partial charge in [-0.15, -0.1) is 0 Å². The molecule has 1 aliphatic rings. The molecule has 1 fully saturated rings. The van der Waals surface area contributed by atoms with E-state index in [0.29, 0.717) is 31.2 Å². The van der Waals surface area contributed by atoms with Crippen molar-refractivity contribution in [2.45, 2.75) is 6.92 Å². The Labute approximate surface area is 100 Å². The molecule has 92 valence electrons. The zero-order chi connectivity index (χ0) is 12.1. The first-order valence-electron chi connectivity index (χ1n) is 5.77. The number of carbonyl (C=O) groups excluding carboxylic acids is 1. The van der Waals surface area contributed by atoms with Crippen LogP contribution in [-0.4, -0.2) is 43.9 Å². The Bertz CT molecular complexity index is 389. The van der Waals surface area contributed by atoms with Gasteiger partial charge in [0.25, 0.3) is 0 Å². The molecular weight excluding hydrogens is 220 g/mol. The number of carbonyl (C=O) groups is 1. The van der Waals surface area contributed by atoms with Gasteiger partial charge in [-0.25, -0.2) is 9.78 Å². The van der Waals surface area contributed by atoms with Crippen molar-refractivity contribution in [3.8, 4) is 0 Å². The maximum atomic E-state index is 11.8. The van der Waals surface area contributed by atoms with Gasteiger partial charge < -0.3 is 14.4 Å². The van der Waals surface area contributed by atoms with E-state index in [1.165, 1.54) is 0 Å². The van der Waals surface area contributed by atoms with Crippen molar-refractivity contribution in [2.75, 3.05) is 37.8 Å². The molecule has 0 unspecified atom stereocenters. The second-order valence-corrected chi connectivity index (χ2v) is 3.69. The van der Waals surface area contributed by atoms with E-state index in [1.807, 2.05) is 0 Å². The number of aromatic nitrogens is 1. The van der Waals surface area contributed by atoms with Crippen molar-refractivity contribution in [1.82, 2.24) is 4.98 Å². The number of anilines is 1. The third kappa shape index (κ3) is 2.74. The molecule has 1 aliphatic heterocycles. The van der Waals surface area contributed by atoms with Crippen LogP contribution in [0, 0.1) is 0 Å². The first-order chi connectivity index (χ1) is 8.33. The molecule has 2 heterocycles. The Morgan fingerprint density at radius 1 is 1.53 bits per heavy atom. The number of esters is 1. The smallest absolute Gasteiger partial charge is 0.341 e. The molecule has 0 atom stereocenters. The number of hydrogen-bond acceptors (Lipinski definition) is 5. The quantitative estimate of drug-likeness (QED) is 0.735. The average Bonchev–Trinajstić information content (AvgIpc) is 2.40. The highest BCUT2D eigenvalue weighted by molar-refractivity contribution is 5.94. The molecule has 0 radical (unpaired) electrons. The Kier molecular flexibility index (Phi) is 3.93. The lowest BCUT2D eigenvalue weighted by Crippen LogP contribution is -2.37. The molecule has 0 amide bonds. The predicted octanol–water partition coefficient (Wildman–Crippen LogP) is 1.09. The number of morpholine rings is 1. The molecule has 0 N–H and O–H groups in total. The van der Waals surface area contributed by atoms with E-state index in [0.717, 1.165) is 13.1 Å². The summed E-state index contributed by atoms with van der Waals surface area (Å²) in [4.78, 5) is 18.1. The maximum absolute atomic E-state index is 11.8. The molecule has 5 nitrogen and oxygen atoms in total. The zero-order valence-corrected chi connectivity index (χ0v) is 9.89. The molecule has 1 saturated heterocycles. The Morgan fingerprint density at radius 2 is 2.29 bits per heavy atom. The highest BCUT2D eigenvalue weighted by Gasteiger charge is 2.20. The van der Waals surface area contributed by atoms with Gasteiger partial charge in [-0.2, -0.15) is 0 Å². The highest BCUT2D eigenvalue weighted by Crippen LogP contribution is 2.19. The normalized spacial score (nSPS) is 15.7. The molecule has 2 rings (SSSR count). The van der Waals surface area contributed by atoms with E-state index in [2.05, 4.69) is 9.88 Å². The number of nitrogens with zero attached hydrogens (tertiary/aromatic N) is 2. The monoisotopic (exact) mass is 236 g/mol. The van der Waals surface area contributed by atoms with E-state index in [-0.39, 0.29) is 5.97 Å². The SMILES string of the molecule is CCOC(=O)c1cccnc1N1CCOCC1. The summed E-state index contributed by atoms with van der Waals surface area (Å²) < 4.78 is 10.3. The summed E-state index contributed by atoms with van der Waals surface area (Å²) in [7, 11) is 0. The minimum absolute atomic E-state index is 0.318. The summed E-state index contributed by atoms with van der Waals surface area (Å²) in [6, 6.07) is 3.49. The summed E-state index contributed by atoms with van der Waals surface area (Å²) in [6.07, 6.45) is 1.69. The van der Waals surface area contributed by atoms with E-state index < -0.39 is 0 Å². The number of pyridine rings is 1. The fraction of sp³-hybridized carbons (Fsp3) is 0.500.